The molecule has 0 fully saturated rings. The molecule has 0 bridgehead atoms. The van der Waals surface area contributed by atoms with E-state index in [-0.39, 0.29) is 13.0 Å². The summed E-state index contributed by atoms with van der Waals surface area (Å²) in [6.07, 6.45) is 3.08. The molecule has 9 nitrogen and oxygen atoms in total. The molecule has 2 aromatic carbocycles. The standard InChI is InChI=1S/C21H21N3O6S/c1-3-12-30-21(25)19(13-15-14-22-17-9-5-4-8-16(15)17)23(2)31(28,29)20-11-7-6-10-18(20)24(26)27/h3-11,14,19,22H,1,12-13H2,2H3. The lowest BCUT2D eigenvalue weighted by Crippen LogP contribution is -2.44. The maximum atomic E-state index is 13.3. The van der Waals surface area contributed by atoms with Crippen LogP contribution in [0.25, 0.3) is 10.9 Å². The van der Waals surface area contributed by atoms with Gasteiger partial charge in [-0.15, -0.1) is 0 Å². The van der Waals surface area contributed by atoms with Gasteiger partial charge >= 0.3 is 5.97 Å². The minimum atomic E-state index is -4.39. The third-order valence-electron chi connectivity index (χ3n) is 4.86. The van der Waals surface area contributed by atoms with Crippen LogP contribution < -0.4 is 0 Å². The van der Waals surface area contributed by atoms with E-state index in [1.54, 1.807) is 6.20 Å². The van der Waals surface area contributed by atoms with Crippen molar-refractivity contribution < 1.29 is 22.9 Å². The maximum absolute atomic E-state index is 13.3. The van der Waals surface area contributed by atoms with Crippen molar-refractivity contribution in [3.63, 3.8) is 0 Å². The Morgan fingerprint density at radius 1 is 1.26 bits per heavy atom. The number of sulfonamides is 1. The highest BCUT2D eigenvalue weighted by Gasteiger charge is 2.37. The Bertz CT molecular complexity index is 1230. The van der Waals surface area contributed by atoms with Crippen molar-refractivity contribution in [1.29, 1.82) is 0 Å². The quantitative estimate of drug-likeness (QED) is 0.235. The van der Waals surface area contributed by atoms with Gasteiger partial charge in [-0.25, -0.2) is 8.42 Å². The van der Waals surface area contributed by atoms with Gasteiger partial charge < -0.3 is 9.72 Å². The number of aromatic nitrogens is 1. The van der Waals surface area contributed by atoms with Gasteiger partial charge in [0.1, 0.15) is 12.6 Å². The SMILES string of the molecule is C=CCOC(=O)C(Cc1c[nH]c2ccccc12)N(C)S(=O)(=O)c1ccccc1[N+](=O)[O-]. The van der Waals surface area contributed by atoms with Crippen LogP contribution >= 0.6 is 0 Å². The van der Waals surface area contributed by atoms with Crippen LogP contribution in [0.2, 0.25) is 0 Å². The first kappa shape index (κ1) is 22.2. The van der Waals surface area contributed by atoms with Gasteiger partial charge in [-0.1, -0.05) is 43.0 Å². The van der Waals surface area contributed by atoms with E-state index in [1.165, 1.54) is 25.3 Å². The smallest absolute Gasteiger partial charge is 0.325 e. The van der Waals surface area contributed by atoms with E-state index in [1.807, 2.05) is 24.3 Å². The van der Waals surface area contributed by atoms with Crippen molar-refractivity contribution >= 4 is 32.6 Å². The van der Waals surface area contributed by atoms with Crippen LogP contribution in [0.1, 0.15) is 5.56 Å². The number of rotatable bonds is 9. The molecule has 0 radical (unpaired) electrons. The van der Waals surface area contributed by atoms with Gasteiger partial charge in [0.2, 0.25) is 10.0 Å². The number of nitrogens with one attached hydrogen (secondary N) is 1. The third kappa shape index (κ3) is 4.49. The molecule has 31 heavy (non-hydrogen) atoms. The molecule has 0 aliphatic heterocycles. The van der Waals surface area contributed by atoms with E-state index in [2.05, 4.69) is 11.6 Å². The third-order valence-corrected chi connectivity index (χ3v) is 6.78. The lowest BCUT2D eigenvalue weighted by Gasteiger charge is -2.25. The molecule has 0 spiro atoms. The Morgan fingerprint density at radius 2 is 1.94 bits per heavy atom. The number of ether oxygens (including phenoxy) is 1. The number of fused-ring (bicyclic) bond motifs is 1. The normalized spacial score (nSPS) is 12.6. The zero-order chi connectivity index (χ0) is 22.6. The number of aromatic amines is 1. The first-order valence-electron chi connectivity index (χ1n) is 9.31. The maximum Gasteiger partial charge on any atom is 0.325 e. The van der Waals surface area contributed by atoms with Crippen LogP contribution in [0, 0.1) is 10.1 Å². The van der Waals surface area contributed by atoms with Crippen molar-refractivity contribution in [3.05, 3.63) is 83.1 Å². The number of esters is 1. The summed E-state index contributed by atoms with van der Waals surface area (Å²) in [7, 11) is -3.18. The molecule has 1 unspecified atom stereocenters. The Labute approximate surface area is 179 Å². The van der Waals surface area contributed by atoms with Gasteiger partial charge in [0.25, 0.3) is 5.69 Å². The molecular formula is C21H21N3O6S. The molecule has 0 amide bonds. The summed E-state index contributed by atoms with van der Waals surface area (Å²) in [6, 6.07) is 11.2. The second kappa shape index (κ2) is 9.11. The Hall–Kier alpha value is -3.50. The number of likely N-dealkylation sites (N-methyl/N-ethyl adjacent to an activating group) is 1. The largest absolute Gasteiger partial charge is 0.460 e. The Morgan fingerprint density at radius 3 is 2.65 bits per heavy atom. The fraction of sp³-hybridized carbons (Fsp3) is 0.190. The highest BCUT2D eigenvalue weighted by atomic mass is 32.2. The van der Waals surface area contributed by atoms with Crippen LogP contribution in [0.5, 0.6) is 0 Å². The summed E-state index contributed by atoms with van der Waals surface area (Å²) in [6.45, 7) is 3.40. The summed E-state index contributed by atoms with van der Waals surface area (Å²) < 4.78 is 32.5. The Kier molecular flexibility index (Phi) is 6.52. The average molecular weight is 443 g/mol. The lowest BCUT2D eigenvalue weighted by atomic mass is 10.1. The van der Waals surface area contributed by atoms with E-state index >= 15 is 0 Å². The number of hydrogen-bond donors (Lipinski definition) is 1. The molecule has 1 aromatic heterocycles. The van der Waals surface area contributed by atoms with Crippen molar-refractivity contribution in [1.82, 2.24) is 9.29 Å². The van der Waals surface area contributed by atoms with Crippen molar-refractivity contribution in [2.24, 2.45) is 0 Å². The summed E-state index contributed by atoms with van der Waals surface area (Å²) in [5.41, 5.74) is 0.973. The number of carbonyl (C=O) groups excluding carboxylic acids is 1. The monoisotopic (exact) mass is 443 g/mol. The fourth-order valence-corrected chi connectivity index (χ4v) is 4.72. The summed E-state index contributed by atoms with van der Waals surface area (Å²) >= 11 is 0. The van der Waals surface area contributed by atoms with E-state index in [0.29, 0.717) is 5.56 Å². The zero-order valence-corrected chi connectivity index (χ0v) is 17.5. The summed E-state index contributed by atoms with van der Waals surface area (Å²) in [5, 5.41) is 12.2. The van der Waals surface area contributed by atoms with Crippen molar-refractivity contribution in [2.75, 3.05) is 13.7 Å². The van der Waals surface area contributed by atoms with Gasteiger partial charge in [-0.2, -0.15) is 4.31 Å². The predicted octanol–water partition coefficient (Wildman–Crippen LogP) is 3.04. The van der Waals surface area contributed by atoms with Crippen molar-refractivity contribution in [2.45, 2.75) is 17.4 Å². The predicted molar refractivity (Wildman–Crippen MR) is 115 cm³/mol. The summed E-state index contributed by atoms with van der Waals surface area (Å²) in [5.74, 6) is -0.783. The molecule has 3 rings (SSSR count). The van der Waals surface area contributed by atoms with Crippen LogP contribution in [-0.2, 0) is 26.0 Å². The van der Waals surface area contributed by atoms with E-state index in [9.17, 15) is 23.3 Å². The Balaban J connectivity index is 2.03. The molecule has 0 aliphatic rings. The number of carbonyl (C=O) groups is 1. The number of nitro groups is 1. The summed E-state index contributed by atoms with van der Waals surface area (Å²) in [4.78, 5) is 26.0. The molecule has 3 aromatic rings. The molecule has 1 atom stereocenters. The molecular weight excluding hydrogens is 422 g/mol. The number of hydrogen-bond acceptors (Lipinski definition) is 6. The molecule has 0 saturated heterocycles. The fourth-order valence-electron chi connectivity index (χ4n) is 3.26. The zero-order valence-electron chi connectivity index (χ0n) is 16.7. The van der Waals surface area contributed by atoms with E-state index in [0.717, 1.165) is 27.3 Å². The molecule has 0 aliphatic carbocycles. The lowest BCUT2D eigenvalue weighted by molar-refractivity contribution is -0.387. The number of H-pyrrole nitrogens is 1. The average Bonchev–Trinajstić information content (AvgIpc) is 3.18. The topological polar surface area (TPSA) is 123 Å². The van der Waals surface area contributed by atoms with E-state index < -0.39 is 37.5 Å². The van der Waals surface area contributed by atoms with Crippen LogP contribution in [0.3, 0.4) is 0 Å². The number of nitrogens with zero attached hydrogens (tertiary/aromatic N) is 2. The number of para-hydroxylation sites is 2. The molecule has 0 saturated carbocycles. The van der Waals surface area contributed by atoms with E-state index in [4.69, 9.17) is 4.74 Å². The minimum absolute atomic E-state index is 0.0103. The first-order chi connectivity index (χ1) is 14.8. The number of benzene rings is 2. The molecule has 162 valence electrons. The van der Waals surface area contributed by atoms with Gasteiger partial charge in [-0.3, -0.25) is 14.9 Å². The highest BCUT2D eigenvalue weighted by molar-refractivity contribution is 7.89. The van der Waals surface area contributed by atoms with Crippen LogP contribution in [0.4, 0.5) is 5.69 Å². The molecule has 10 heteroatoms. The van der Waals surface area contributed by atoms with Gasteiger partial charge in [0.05, 0.1) is 4.92 Å². The second-order valence-electron chi connectivity index (χ2n) is 6.74. The second-order valence-corrected chi connectivity index (χ2v) is 8.71. The van der Waals surface area contributed by atoms with Crippen molar-refractivity contribution in [3.8, 4) is 0 Å². The van der Waals surface area contributed by atoms with Gasteiger partial charge in [-0.05, 0) is 17.7 Å². The highest BCUT2D eigenvalue weighted by Crippen LogP contribution is 2.28. The minimum Gasteiger partial charge on any atom is -0.460 e. The van der Waals surface area contributed by atoms with Gasteiger partial charge in [0, 0.05) is 36.6 Å². The van der Waals surface area contributed by atoms with Crippen LogP contribution in [0.15, 0.2) is 72.3 Å². The first-order valence-corrected chi connectivity index (χ1v) is 10.8. The van der Waals surface area contributed by atoms with Gasteiger partial charge in [0.15, 0.2) is 4.90 Å². The molecule has 1 heterocycles. The molecule has 1 N–H and O–H groups in total. The van der Waals surface area contributed by atoms with Crippen LogP contribution in [-0.4, -0.2) is 48.3 Å². The number of nitro benzene ring substituents is 1.